The quantitative estimate of drug-likeness (QED) is 0.747. The van der Waals surface area contributed by atoms with E-state index in [4.69, 9.17) is 5.73 Å². The Balaban J connectivity index is 1.94. The molecule has 2 heterocycles. The van der Waals surface area contributed by atoms with Crippen molar-refractivity contribution >= 4 is 29.5 Å². The molecule has 0 aliphatic carbocycles. The molecule has 1 atom stereocenters. The van der Waals surface area contributed by atoms with Crippen LogP contribution in [0.2, 0.25) is 0 Å². The summed E-state index contributed by atoms with van der Waals surface area (Å²) < 4.78 is 0. The standard InChI is InChI=1S/C16H15N3O5/c1-18-13(21)5-4-11(16(18)24)19-14(22)9-3-2-8(7-12(17)20)6-10(9)15(19)23/h2-3,6,11H,4-5,7H2,1H3,(H2,17,20). The first-order chi connectivity index (χ1) is 11.3. The lowest BCUT2D eigenvalue weighted by Crippen LogP contribution is -2.54. The van der Waals surface area contributed by atoms with Gasteiger partial charge in [-0.25, -0.2) is 0 Å². The van der Waals surface area contributed by atoms with Gasteiger partial charge >= 0.3 is 0 Å². The number of primary amides is 1. The molecule has 1 fully saturated rings. The van der Waals surface area contributed by atoms with Gasteiger partial charge in [-0.05, 0) is 24.1 Å². The third-order valence-corrected chi connectivity index (χ3v) is 4.29. The fraction of sp³-hybridized carbons (Fsp3) is 0.312. The molecule has 8 heteroatoms. The molecule has 24 heavy (non-hydrogen) atoms. The van der Waals surface area contributed by atoms with Crippen LogP contribution in [0.1, 0.15) is 39.1 Å². The summed E-state index contributed by atoms with van der Waals surface area (Å²) in [6, 6.07) is 3.47. The van der Waals surface area contributed by atoms with E-state index >= 15 is 0 Å². The van der Waals surface area contributed by atoms with Gasteiger partial charge in [0.05, 0.1) is 17.5 Å². The molecule has 1 unspecified atom stereocenters. The molecule has 2 aliphatic rings. The number of imide groups is 2. The summed E-state index contributed by atoms with van der Waals surface area (Å²) in [5.41, 5.74) is 5.98. The minimum Gasteiger partial charge on any atom is -0.369 e. The van der Waals surface area contributed by atoms with E-state index in [1.807, 2.05) is 0 Å². The fourth-order valence-corrected chi connectivity index (χ4v) is 3.04. The second-order valence-electron chi connectivity index (χ2n) is 5.85. The van der Waals surface area contributed by atoms with E-state index in [0.29, 0.717) is 5.56 Å². The lowest BCUT2D eigenvalue weighted by atomic mass is 10.0. The number of amides is 5. The number of hydrogen-bond acceptors (Lipinski definition) is 5. The first kappa shape index (κ1) is 15.9. The Morgan fingerprint density at radius 2 is 1.83 bits per heavy atom. The van der Waals surface area contributed by atoms with E-state index in [2.05, 4.69) is 0 Å². The topological polar surface area (TPSA) is 118 Å². The van der Waals surface area contributed by atoms with Gasteiger partial charge in [-0.3, -0.25) is 33.8 Å². The van der Waals surface area contributed by atoms with Gasteiger partial charge in [-0.2, -0.15) is 0 Å². The van der Waals surface area contributed by atoms with E-state index in [1.165, 1.54) is 19.2 Å². The zero-order valence-electron chi connectivity index (χ0n) is 12.9. The van der Waals surface area contributed by atoms with Crippen molar-refractivity contribution < 1.29 is 24.0 Å². The van der Waals surface area contributed by atoms with Crippen molar-refractivity contribution in [1.82, 2.24) is 9.80 Å². The SMILES string of the molecule is CN1C(=O)CCC(N2C(=O)c3ccc(CC(N)=O)cc3C2=O)C1=O. The lowest BCUT2D eigenvalue weighted by Gasteiger charge is -2.32. The molecular formula is C16H15N3O5. The highest BCUT2D eigenvalue weighted by atomic mass is 16.2. The molecule has 1 aromatic carbocycles. The molecule has 5 amide bonds. The van der Waals surface area contributed by atoms with Gasteiger partial charge in [0.1, 0.15) is 6.04 Å². The van der Waals surface area contributed by atoms with E-state index in [-0.39, 0.29) is 36.3 Å². The molecule has 1 aromatic rings. The van der Waals surface area contributed by atoms with Crippen LogP contribution in [0.25, 0.3) is 0 Å². The maximum Gasteiger partial charge on any atom is 0.262 e. The van der Waals surface area contributed by atoms with Crippen LogP contribution in [0.5, 0.6) is 0 Å². The zero-order chi connectivity index (χ0) is 17.6. The van der Waals surface area contributed by atoms with Gasteiger partial charge in [0.2, 0.25) is 11.8 Å². The van der Waals surface area contributed by atoms with Crippen LogP contribution < -0.4 is 5.73 Å². The Hall–Kier alpha value is -3.03. The zero-order valence-corrected chi connectivity index (χ0v) is 12.9. The number of fused-ring (bicyclic) bond motifs is 1. The molecule has 1 saturated heterocycles. The van der Waals surface area contributed by atoms with Crippen molar-refractivity contribution in [1.29, 1.82) is 0 Å². The number of hydrogen-bond donors (Lipinski definition) is 1. The third kappa shape index (κ3) is 2.36. The Morgan fingerprint density at radius 1 is 1.17 bits per heavy atom. The van der Waals surface area contributed by atoms with E-state index in [9.17, 15) is 24.0 Å². The summed E-state index contributed by atoms with van der Waals surface area (Å²) in [5, 5.41) is 0. The molecule has 2 N–H and O–H groups in total. The number of likely N-dealkylation sites (tertiary alicyclic amines) is 1. The number of carbonyl (C=O) groups is 5. The maximum atomic E-state index is 12.6. The van der Waals surface area contributed by atoms with Crippen LogP contribution in [-0.2, 0) is 20.8 Å². The average molecular weight is 329 g/mol. The Morgan fingerprint density at radius 3 is 2.50 bits per heavy atom. The van der Waals surface area contributed by atoms with Gasteiger partial charge in [0.15, 0.2) is 0 Å². The number of nitrogens with two attached hydrogens (primary N) is 1. The second kappa shape index (κ2) is 5.55. The van der Waals surface area contributed by atoms with Crippen LogP contribution in [0.15, 0.2) is 18.2 Å². The lowest BCUT2D eigenvalue weighted by molar-refractivity contribution is -0.149. The highest BCUT2D eigenvalue weighted by Gasteiger charge is 2.46. The number of rotatable bonds is 3. The van der Waals surface area contributed by atoms with Crippen LogP contribution >= 0.6 is 0 Å². The van der Waals surface area contributed by atoms with Crippen molar-refractivity contribution in [2.45, 2.75) is 25.3 Å². The molecule has 0 aromatic heterocycles. The molecule has 3 rings (SSSR count). The van der Waals surface area contributed by atoms with Crippen molar-refractivity contribution in [2.24, 2.45) is 5.73 Å². The number of benzene rings is 1. The summed E-state index contributed by atoms with van der Waals surface area (Å²) in [7, 11) is 1.33. The molecule has 0 bridgehead atoms. The van der Waals surface area contributed by atoms with E-state index in [1.54, 1.807) is 6.07 Å². The molecule has 2 aliphatic heterocycles. The Bertz CT molecular complexity index is 801. The van der Waals surface area contributed by atoms with Crippen LogP contribution in [-0.4, -0.2) is 52.4 Å². The normalized spacial score (nSPS) is 20.6. The van der Waals surface area contributed by atoms with Gasteiger partial charge < -0.3 is 5.73 Å². The summed E-state index contributed by atoms with van der Waals surface area (Å²) in [4.78, 5) is 61.8. The predicted molar refractivity (Wildman–Crippen MR) is 80.6 cm³/mol. The molecular weight excluding hydrogens is 314 g/mol. The Labute approximate surface area is 137 Å². The van der Waals surface area contributed by atoms with Crippen LogP contribution in [0.4, 0.5) is 0 Å². The molecule has 0 saturated carbocycles. The van der Waals surface area contributed by atoms with Crippen LogP contribution in [0.3, 0.4) is 0 Å². The van der Waals surface area contributed by atoms with Gasteiger partial charge in [-0.15, -0.1) is 0 Å². The summed E-state index contributed by atoms with van der Waals surface area (Å²) in [5.74, 6) is -2.62. The number of carbonyl (C=O) groups excluding carboxylic acids is 5. The van der Waals surface area contributed by atoms with E-state index < -0.39 is 29.7 Å². The first-order valence-corrected chi connectivity index (χ1v) is 7.40. The average Bonchev–Trinajstić information content (AvgIpc) is 2.77. The first-order valence-electron chi connectivity index (χ1n) is 7.40. The second-order valence-corrected chi connectivity index (χ2v) is 5.85. The highest BCUT2D eigenvalue weighted by Crippen LogP contribution is 2.29. The van der Waals surface area contributed by atoms with Crippen molar-refractivity contribution in [3.63, 3.8) is 0 Å². The maximum absolute atomic E-state index is 12.6. The Kier molecular flexibility index (Phi) is 3.67. The number of likely N-dealkylation sites (N-methyl/N-ethyl adjacent to an activating group) is 1. The largest absolute Gasteiger partial charge is 0.369 e. The monoisotopic (exact) mass is 329 g/mol. The van der Waals surface area contributed by atoms with Gasteiger partial charge in [0, 0.05) is 13.5 Å². The third-order valence-electron chi connectivity index (χ3n) is 4.29. The molecule has 0 spiro atoms. The fourth-order valence-electron chi connectivity index (χ4n) is 3.04. The highest BCUT2D eigenvalue weighted by molar-refractivity contribution is 6.23. The van der Waals surface area contributed by atoms with E-state index in [0.717, 1.165) is 9.80 Å². The summed E-state index contributed by atoms with van der Waals surface area (Å²) in [6.45, 7) is 0. The van der Waals surface area contributed by atoms with Gasteiger partial charge in [-0.1, -0.05) is 6.07 Å². The van der Waals surface area contributed by atoms with Crippen molar-refractivity contribution in [3.8, 4) is 0 Å². The van der Waals surface area contributed by atoms with Crippen LogP contribution in [0, 0.1) is 0 Å². The minimum absolute atomic E-state index is 0.0473. The van der Waals surface area contributed by atoms with Crippen molar-refractivity contribution in [3.05, 3.63) is 34.9 Å². The molecule has 8 nitrogen and oxygen atoms in total. The predicted octanol–water partition coefficient (Wildman–Crippen LogP) is -0.542. The minimum atomic E-state index is -0.986. The summed E-state index contributed by atoms with van der Waals surface area (Å²) >= 11 is 0. The number of nitrogens with zero attached hydrogens (tertiary/aromatic N) is 2. The number of piperidine rings is 1. The van der Waals surface area contributed by atoms with Gasteiger partial charge in [0.25, 0.3) is 17.7 Å². The smallest absolute Gasteiger partial charge is 0.262 e. The molecule has 124 valence electrons. The van der Waals surface area contributed by atoms with Crippen molar-refractivity contribution in [2.75, 3.05) is 7.05 Å². The summed E-state index contributed by atoms with van der Waals surface area (Å²) in [6.07, 6.45) is 0.156. The molecule has 0 radical (unpaired) electrons.